The summed E-state index contributed by atoms with van der Waals surface area (Å²) in [4.78, 5) is 15.2. The molecule has 0 unspecified atom stereocenters. The molecule has 11 heteroatoms. The molecule has 6 rings (SSSR count). The van der Waals surface area contributed by atoms with E-state index in [2.05, 4.69) is 35.7 Å². The highest BCUT2D eigenvalue weighted by atomic mass is 16.5. The summed E-state index contributed by atoms with van der Waals surface area (Å²) < 4.78 is 12.9. The number of amides is 1. The van der Waals surface area contributed by atoms with Crippen LogP contribution in [0.2, 0.25) is 0 Å². The number of furan rings is 1. The first-order chi connectivity index (χ1) is 17.2. The van der Waals surface area contributed by atoms with E-state index in [4.69, 9.17) is 9.15 Å². The summed E-state index contributed by atoms with van der Waals surface area (Å²) in [6, 6.07) is 7.81. The quantitative estimate of drug-likeness (QED) is 0.332. The number of anilines is 1. The number of benzene rings is 1. The summed E-state index contributed by atoms with van der Waals surface area (Å²) in [5.74, 6) is 0.617. The Morgan fingerprint density at radius 1 is 1.11 bits per heavy atom. The number of H-pyrrole nitrogens is 2. The van der Waals surface area contributed by atoms with Crippen LogP contribution in [0.5, 0.6) is 0 Å². The monoisotopic (exact) mass is 472 g/mol. The highest BCUT2D eigenvalue weighted by Gasteiger charge is 2.17. The maximum absolute atomic E-state index is 12.9. The smallest absolute Gasteiger partial charge is 0.276 e. The van der Waals surface area contributed by atoms with Gasteiger partial charge in [0.05, 0.1) is 56.2 Å². The number of aromatic nitrogens is 6. The van der Waals surface area contributed by atoms with E-state index in [0.717, 1.165) is 66.2 Å². The molecule has 0 spiro atoms. The standard InChI is InChI=1S/C24H24N8O3/c33-24(23-21-2-1-17(8-22(21)29-30-23)18-9-25-26-10-18)28-19-11-27-32(13-19)12-16-7-20(35-15-16)14-31-3-5-34-6-4-31/h1-2,7-11,13,15H,3-6,12,14H2,(H,25,26)(H,28,33)(H,29,30). The third-order valence-electron chi connectivity index (χ3n) is 6.04. The van der Waals surface area contributed by atoms with Crippen molar-refractivity contribution >= 4 is 22.5 Å². The van der Waals surface area contributed by atoms with Crippen LogP contribution >= 0.6 is 0 Å². The predicted octanol–water partition coefficient (Wildman–Crippen LogP) is 2.88. The molecule has 11 nitrogen and oxygen atoms in total. The molecular formula is C24H24N8O3. The van der Waals surface area contributed by atoms with Crippen molar-refractivity contribution in [2.45, 2.75) is 13.1 Å². The molecule has 1 saturated heterocycles. The molecule has 3 N–H and O–H groups in total. The van der Waals surface area contributed by atoms with E-state index in [9.17, 15) is 4.79 Å². The van der Waals surface area contributed by atoms with Crippen LogP contribution in [0.25, 0.3) is 22.0 Å². The summed E-state index contributed by atoms with van der Waals surface area (Å²) in [6.45, 7) is 4.66. The first-order valence-corrected chi connectivity index (χ1v) is 11.4. The lowest BCUT2D eigenvalue weighted by Gasteiger charge is -2.25. The molecule has 1 aliphatic rings. The molecule has 0 atom stereocenters. The lowest BCUT2D eigenvalue weighted by Crippen LogP contribution is -2.35. The number of hydrogen-bond acceptors (Lipinski definition) is 7. The second-order valence-corrected chi connectivity index (χ2v) is 8.51. The number of aromatic amines is 2. The van der Waals surface area contributed by atoms with Crippen molar-refractivity contribution in [3.8, 4) is 11.1 Å². The van der Waals surface area contributed by atoms with E-state index in [0.29, 0.717) is 17.9 Å². The van der Waals surface area contributed by atoms with Gasteiger partial charge in [-0.1, -0.05) is 6.07 Å². The van der Waals surface area contributed by atoms with Crippen LogP contribution in [0.4, 0.5) is 5.69 Å². The molecule has 1 fully saturated rings. The van der Waals surface area contributed by atoms with Crippen molar-refractivity contribution in [1.29, 1.82) is 0 Å². The van der Waals surface area contributed by atoms with Gasteiger partial charge in [0.25, 0.3) is 5.91 Å². The van der Waals surface area contributed by atoms with Crippen molar-refractivity contribution in [3.63, 3.8) is 0 Å². The Bertz CT molecular complexity index is 1440. The molecule has 5 aromatic rings. The number of rotatable bonds is 7. The molecule has 1 aromatic carbocycles. The minimum atomic E-state index is -0.303. The maximum Gasteiger partial charge on any atom is 0.276 e. The van der Waals surface area contributed by atoms with Crippen LogP contribution in [0.15, 0.2) is 59.7 Å². The van der Waals surface area contributed by atoms with Gasteiger partial charge in [-0.25, -0.2) is 0 Å². The van der Waals surface area contributed by atoms with Crippen LogP contribution in [0.1, 0.15) is 21.8 Å². The second kappa shape index (κ2) is 9.20. The number of morpholine rings is 1. The van der Waals surface area contributed by atoms with Gasteiger partial charge in [0, 0.05) is 42.0 Å². The zero-order chi connectivity index (χ0) is 23.6. The minimum absolute atomic E-state index is 0.303. The summed E-state index contributed by atoms with van der Waals surface area (Å²) in [7, 11) is 0. The SMILES string of the molecule is O=C(Nc1cnn(Cc2coc(CN3CCOCC3)c2)c1)c1n[nH]c2cc(-c3cn[nH]c3)ccc12. The molecule has 0 aliphatic carbocycles. The number of ether oxygens (including phenoxy) is 1. The van der Waals surface area contributed by atoms with Crippen LogP contribution in [0, 0.1) is 0 Å². The maximum atomic E-state index is 12.9. The van der Waals surface area contributed by atoms with Gasteiger partial charge in [0.2, 0.25) is 0 Å². The predicted molar refractivity (Wildman–Crippen MR) is 128 cm³/mol. The van der Waals surface area contributed by atoms with Crippen LogP contribution < -0.4 is 5.32 Å². The van der Waals surface area contributed by atoms with Gasteiger partial charge < -0.3 is 14.5 Å². The lowest BCUT2D eigenvalue weighted by atomic mass is 10.1. The van der Waals surface area contributed by atoms with E-state index in [1.54, 1.807) is 29.5 Å². The molecule has 178 valence electrons. The normalized spacial score (nSPS) is 14.5. The zero-order valence-corrected chi connectivity index (χ0v) is 18.9. The first-order valence-electron chi connectivity index (χ1n) is 11.4. The zero-order valence-electron chi connectivity index (χ0n) is 18.9. The van der Waals surface area contributed by atoms with Crippen molar-refractivity contribution < 1.29 is 13.9 Å². The summed E-state index contributed by atoms with van der Waals surface area (Å²) in [5.41, 5.74) is 4.66. The summed E-state index contributed by atoms with van der Waals surface area (Å²) >= 11 is 0. The third-order valence-corrected chi connectivity index (χ3v) is 6.04. The molecule has 5 heterocycles. The highest BCUT2D eigenvalue weighted by molar-refractivity contribution is 6.11. The van der Waals surface area contributed by atoms with Crippen molar-refractivity contribution in [3.05, 3.63) is 72.3 Å². The van der Waals surface area contributed by atoms with Gasteiger partial charge in [0.15, 0.2) is 5.69 Å². The average molecular weight is 473 g/mol. The van der Waals surface area contributed by atoms with E-state index in [1.807, 2.05) is 30.5 Å². The van der Waals surface area contributed by atoms with E-state index in [-0.39, 0.29) is 5.91 Å². The fraction of sp³-hybridized carbons (Fsp3) is 0.250. The molecule has 0 radical (unpaired) electrons. The van der Waals surface area contributed by atoms with Gasteiger partial charge in [-0.3, -0.25) is 24.6 Å². The average Bonchev–Trinajstić information content (AvgIpc) is 3.68. The van der Waals surface area contributed by atoms with Gasteiger partial charge in [-0.05, 0) is 23.8 Å². The van der Waals surface area contributed by atoms with Gasteiger partial charge in [-0.2, -0.15) is 15.3 Å². The Labute approximate surface area is 200 Å². The van der Waals surface area contributed by atoms with Gasteiger partial charge >= 0.3 is 0 Å². The fourth-order valence-electron chi connectivity index (χ4n) is 4.24. The lowest BCUT2D eigenvalue weighted by molar-refractivity contribution is 0.0313. The van der Waals surface area contributed by atoms with Crippen molar-refractivity contribution in [2.24, 2.45) is 0 Å². The van der Waals surface area contributed by atoms with Crippen molar-refractivity contribution in [2.75, 3.05) is 31.6 Å². The summed E-state index contributed by atoms with van der Waals surface area (Å²) in [5, 5.41) is 21.9. The first kappa shape index (κ1) is 21.3. The molecule has 4 aromatic heterocycles. The Morgan fingerprint density at radius 3 is 2.89 bits per heavy atom. The number of carbonyl (C=O) groups excluding carboxylic acids is 1. The minimum Gasteiger partial charge on any atom is -0.468 e. The number of carbonyl (C=O) groups is 1. The Kier molecular flexibility index (Phi) is 5.60. The van der Waals surface area contributed by atoms with Crippen LogP contribution in [0.3, 0.4) is 0 Å². The van der Waals surface area contributed by atoms with Crippen LogP contribution in [-0.2, 0) is 17.8 Å². The number of nitrogens with one attached hydrogen (secondary N) is 3. The number of nitrogens with zero attached hydrogens (tertiary/aromatic N) is 5. The molecular weight excluding hydrogens is 448 g/mol. The summed E-state index contributed by atoms with van der Waals surface area (Å²) in [6.07, 6.45) is 8.73. The third kappa shape index (κ3) is 4.59. The van der Waals surface area contributed by atoms with Gasteiger partial charge in [-0.15, -0.1) is 0 Å². The van der Waals surface area contributed by atoms with E-state index in [1.165, 1.54) is 0 Å². The molecule has 1 amide bonds. The molecule has 35 heavy (non-hydrogen) atoms. The van der Waals surface area contributed by atoms with Gasteiger partial charge in [0.1, 0.15) is 5.76 Å². The molecule has 1 aliphatic heterocycles. The Balaban J connectivity index is 1.10. The highest BCUT2D eigenvalue weighted by Crippen LogP contribution is 2.25. The second-order valence-electron chi connectivity index (χ2n) is 8.51. The van der Waals surface area contributed by atoms with Crippen molar-refractivity contribution in [1.82, 2.24) is 35.1 Å². The fourth-order valence-corrected chi connectivity index (χ4v) is 4.24. The molecule has 0 saturated carbocycles. The Morgan fingerprint density at radius 2 is 2.03 bits per heavy atom. The van der Waals surface area contributed by atoms with E-state index < -0.39 is 0 Å². The Hall–Kier alpha value is -4.22. The number of fused-ring (bicyclic) bond motifs is 1. The largest absolute Gasteiger partial charge is 0.468 e. The topological polar surface area (TPSA) is 130 Å². The molecule has 0 bridgehead atoms. The van der Waals surface area contributed by atoms with Crippen LogP contribution in [-0.4, -0.2) is 67.3 Å². The number of hydrogen-bond donors (Lipinski definition) is 3. The van der Waals surface area contributed by atoms with E-state index >= 15 is 0 Å².